The highest BCUT2D eigenvalue weighted by Crippen LogP contribution is 2.32. The van der Waals surface area contributed by atoms with Crippen molar-refractivity contribution in [3.63, 3.8) is 0 Å². The second-order valence-electron chi connectivity index (χ2n) is 5.31. The van der Waals surface area contributed by atoms with Crippen molar-refractivity contribution in [2.24, 2.45) is 0 Å². The van der Waals surface area contributed by atoms with Crippen molar-refractivity contribution < 1.29 is 4.74 Å². The molecule has 1 N–H and O–H groups in total. The fourth-order valence-corrected chi connectivity index (χ4v) is 3.02. The van der Waals surface area contributed by atoms with Gasteiger partial charge in [0.15, 0.2) is 0 Å². The molecule has 0 radical (unpaired) electrons. The molecule has 1 atom stereocenters. The van der Waals surface area contributed by atoms with E-state index in [2.05, 4.69) is 72.1 Å². The first-order valence-corrected chi connectivity index (χ1v) is 7.50. The Morgan fingerprint density at radius 1 is 0.905 bits per heavy atom. The third-order valence-electron chi connectivity index (χ3n) is 4.00. The predicted molar refractivity (Wildman–Crippen MR) is 86.2 cm³/mol. The van der Waals surface area contributed by atoms with Crippen molar-refractivity contribution in [3.8, 4) is 0 Å². The smallest absolute Gasteiger partial charge is 0.110 e. The minimum Gasteiger partial charge on any atom is -0.496 e. The molecule has 0 saturated carbocycles. The van der Waals surface area contributed by atoms with Crippen LogP contribution in [0.4, 0.5) is 0 Å². The molecule has 0 aromatic heterocycles. The maximum Gasteiger partial charge on any atom is 0.110 e. The minimum absolute atomic E-state index is 0.164. The van der Waals surface area contributed by atoms with Gasteiger partial charge in [-0.25, -0.2) is 0 Å². The van der Waals surface area contributed by atoms with E-state index in [-0.39, 0.29) is 12.0 Å². The van der Waals surface area contributed by atoms with E-state index in [1.807, 2.05) is 7.05 Å². The van der Waals surface area contributed by atoms with Gasteiger partial charge in [0.1, 0.15) is 5.76 Å². The molecule has 0 fully saturated rings. The molecular weight excluding hydrogens is 258 g/mol. The van der Waals surface area contributed by atoms with Crippen LogP contribution < -0.4 is 5.32 Å². The topological polar surface area (TPSA) is 21.3 Å². The van der Waals surface area contributed by atoms with Crippen LogP contribution in [0.1, 0.15) is 23.5 Å². The normalized spacial score (nSPS) is 15.6. The Morgan fingerprint density at radius 3 is 1.90 bits per heavy atom. The van der Waals surface area contributed by atoms with Crippen LogP contribution in [0, 0.1) is 0 Å². The predicted octanol–water partition coefficient (Wildman–Crippen LogP) is 3.71. The SMILES string of the molecule is CNC(C1=CCCO1)C(c1ccccc1)c1ccccc1. The van der Waals surface area contributed by atoms with E-state index in [1.165, 1.54) is 11.1 Å². The molecule has 2 aromatic rings. The number of likely N-dealkylation sites (N-methyl/N-ethyl adjacent to an activating group) is 1. The van der Waals surface area contributed by atoms with Crippen molar-refractivity contribution in [2.45, 2.75) is 18.4 Å². The van der Waals surface area contributed by atoms with Gasteiger partial charge in [-0.15, -0.1) is 0 Å². The standard InChI is InChI=1S/C19H21NO/c1-20-19(17-13-8-14-21-17)18(15-9-4-2-5-10-15)16-11-6-3-7-12-16/h2-7,9-13,18-20H,8,14H2,1H3. The molecule has 3 rings (SSSR count). The Balaban J connectivity index is 2.03. The largest absolute Gasteiger partial charge is 0.496 e. The van der Waals surface area contributed by atoms with Crippen molar-refractivity contribution >= 4 is 0 Å². The third-order valence-corrected chi connectivity index (χ3v) is 4.00. The molecule has 1 heterocycles. The van der Waals surface area contributed by atoms with Gasteiger partial charge in [0.25, 0.3) is 0 Å². The summed E-state index contributed by atoms with van der Waals surface area (Å²) >= 11 is 0. The fraction of sp³-hybridized carbons (Fsp3) is 0.263. The average molecular weight is 279 g/mol. The second kappa shape index (κ2) is 6.59. The maximum absolute atomic E-state index is 5.83. The number of ether oxygens (including phenoxy) is 1. The van der Waals surface area contributed by atoms with E-state index >= 15 is 0 Å². The molecule has 0 spiro atoms. The summed E-state index contributed by atoms with van der Waals surface area (Å²) in [7, 11) is 2.01. The monoisotopic (exact) mass is 279 g/mol. The summed E-state index contributed by atoms with van der Waals surface area (Å²) in [4.78, 5) is 0. The lowest BCUT2D eigenvalue weighted by atomic mass is 9.84. The van der Waals surface area contributed by atoms with E-state index in [4.69, 9.17) is 4.74 Å². The summed E-state index contributed by atoms with van der Waals surface area (Å²) < 4.78 is 5.83. The molecule has 1 aliphatic heterocycles. The molecule has 2 heteroatoms. The minimum atomic E-state index is 0.164. The lowest BCUT2D eigenvalue weighted by Gasteiger charge is -2.28. The van der Waals surface area contributed by atoms with Crippen LogP contribution in [0.2, 0.25) is 0 Å². The summed E-state index contributed by atoms with van der Waals surface area (Å²) in [5.41, 5.74) is 2.61. The highest BCUT2D eigenvalue weighted by Gasteiger charge is 2.29. The first-order valence-electron chi connectivity index (χ1n) is 7.50. The van der Waals surface area contributed by atoms with Crippen LogP contribution in [-0.2, 0) is 4.74 Å². The summed E-state index contributed by atoms with van der Waals surface area (Å²) in [5.74, 6) is 1.32. The van der Waals surface area contributed by atoms with Crippen molar-refractivity contribution in [1.82, 2.24) is 5.32 Å². The highest BCUT2D eigenvalue weighted by molar-refractivity contribution is 5.37. The van der Waals surface area contributed by atoms with E-state index in [9.17, 15) is 0 Å². The van der Waals surface area contributed by atoms with Crippen LogP contribution in [0.25, 0.3) is 0 Å². The summed E-state index contributed by atoms with van der Waals surface area (Å²) in [6, 6.07) is 21.5. The molecule has 1 unspecified atom stereocenters. The van der Waals surface area contributed by atoms with Gasteiger partial charge in [-0.05, 0) is 24.3 Å². The Bertz CT molecular complexity index is 552. The molecule has 0 saturated heterocycles. The highest BCUT2D eigenvalue weighted by atomic mass is 16.5. The quantitative estimate of drug-likeness (QED) is 0.901. The number of nitrogens with one attached hydrogen (secondary N) is 1. The zero-order valence-electron chi connectivity index (χ0n) is 12.3. The van der Waals surface area contributed by atoms with Gasteiger partial charge in [0.2, 0.25) is 0 Å². The lowest BCUT2D eigenvalue weighted by Crippen LogP contribution is -2.35. The number of hydrogen-bond donors (Lipinski definition) is 1. The van der Waals surface area contributed by atoms with Gasteiger partial charge in [0.05, 0.1) is 12.6 Å². The van der Waals surface area contributed by atoms with Gasteiger partial charge in [-0.1, -0.05) is 60.7 Å². The Labute approximate surface area is 126 Å². The zero-order chi connectivity index (χ0) is 14.5. The number of hydrogen-bond acceptors (Lipinski definition) is 2. The molecule has 108 valence electrons. The third kappa shape index (κ3) is 3.01. The average Bonchev–Trinajstić information content (AvgIpc) is 3.08. The van der Waals surface area contributed by atoms with E-state index in [0.717, 1.165) is 18.8 Å². The molecule has 0 aliphatic carbocycles. The van der Waals surface area contributed by atoms with Crippen molar-refractivity contribution in [3.05, 3.63) is 83.6 Å². The van der Waals surface area contributed by atoms with Crippen LogP contribution in [0.3, 0.4) is 0 Å². The van der Waals surface area contributed by atoms with E-state index in [0.29, 0.717) is 0 Å². The van der Waals surface area contributed by atoms with E-state index < -0.39 is 0 Å². The van der Waals surface area contributed by atoms with Gasteiger partial charge >= 0.3 is 0 Å². The second-order valence-corrected chi connectivity index (χ2v) is 5.31. The van der Waals surface area contributed by atoms with Crippen molar-refractivity contribution in [1.29, 1.82) is 0 Å². The van der Waals surface area contributed by atoms with Gasteiger partial charge in [-0.3, -0.25) is 0 Å². The fourth-order valence-electron chi connectivity index (χ4n) is 3.02. The number of benzene rings is 2. The lowest BCUT2D eigenvalue weighted by molar-refractivity contribution is 0.212. The molecule has 2 aromatic carbocycles. The Kier molecular flexibility index (Phi) is 4.37. The van der Waals surface area contributed by atoms with Crippen LogP contribution in [-0.4, -0.2) is 19.7 Å². The van der Waals surface area contributed by atoms with Crippen LogP contribution >= 0.6 is 0 Å². The van der Waals surface area contributed by atoms with Gasteiger partial charge < -0.3 is 10.1 Å². The molecule has 0 amide bonds. The molecule has 21 heavy (non-hydrogen) atoms. The summed E-state index contributed by atoms with van der Waals surface area (Å²) in [5, 5.41) is 3.45. The zero-order valence-corrected chi connectivity index (χ0v) is 12.3. The summed E-state index contributed by atoms with van der Waals surface area (Å²) in [6.45, 7) is 0.795. The Hall–Kier alpha value is -2.06. The summed E-state index contributed by atoms with van der Waals surface area (Å²) in [6.07, 6.45) is 3.21. The van der Waals surface area contributed by atoms with E-state index in [1.54, 1.807) is 0 Å². The first kappa shape index (κ1) is 13.9. The van der Waals surface area contributed by atoms with Crippen molar-refractivity contribution in [2.75, 3.05) is 13.7 Å². The molecule has 1 aliphatic rings. The number of rotatable bonds is 5. The van der Waals surface area contributed by atoms with Crippen LogP contribution in [0.15, 0.2) is 72.5 Å². The molecule has 2 nitrogen and oxygen atoms in total. The van der Waals surface area contributed by atoms with Gasteiger partial charge in [0, 0.05) is 12.3 Å². The Morgan fingerprint density at radius 2 is 1.48 bits per heavy atom. The molecule has 0 bridgehead atoms. The molecular formula is C19H21NO. The first-order chi connectivity index (χ1) is 10.4. The van der Waals surface area contributed by atoms with Gasteiger partial charge in [-0.2, -0.15) is 0 Å². The maximum atomic E-state index is 5.83. The van der Waals surface area contributed by atoms with Crippen LogP contribution in [0.5, 0.6) is 0 Å².